The number of hydrogen-bond acceptors (Lipinski definition) is 5. The summed E-state index contributed by atoms with van der Waals surface area (Å²) in [5.41, 5.74) is 3.32. The monoisotopic (exact) mass is 242 g/mol. The first-order chi connectivity index (χ1) is 8.72. The molecule has 0 spiro atoms. The van der Waals surface area contributed by atoms with Gasteiger partial charge in [0.1, 0.15) is 17.5 Å². The van der Waals surface area contributed by atoms with Gasteiger partial charge in [0.25, 0.3) is 0 Å². The molecule has 0 atom stereocenters. The lowest BCUT2D eigenvalue weighted by Gasteiger charge is -2.05. The number of aryl methyl sites for hydroxylation is 2. The molecule has 1 N–H and O–H groups in total. The van der Waals surface area contributed by atoms with E-state index in [0.717, 1.165) is 22.6 Å². The Kier molecular flexibility index (Phi) is 3.70. The standard InChI is InChI=1S/C13H14N4O/c1-9-12(10(2)18-17-9)8-15-7-11-4-3-5-16-13(11)6-14/h3-5,15H,7-8H2,1-2H3. The maximum absolute atomic E-state index is 8.92. The molecule has 5 nitrogen and oxygen atoms in total. The Labute approximate surface area is 105 Å². The SMILES string of the molecule is Cc1noc(C)c1CNCc1cccnc1C#N. The summed E-state index contributed by atoms with van der Waals surface area (Å²) in [6.45, 7) is 5.07. The first-order valence-electron chi connectivity index (χ1n) is 5.69. The zero-order valence-electron chi connectivity index (χ0n) is 10.4. The van der Waals surface area contributed by atoms with Crippen LogP contribution in [-0.2, 0) is 13.1 Å². The van der Waals surface area contributed by atoms with E-state index >= 15 is 0 Å². The minimum atomic E-state index is 0.462. The fourth-order valence-electron chi connectivity index (χ4n) is 1.76. The Morgan fingerprint density at radius 2 is 2.22 bits per heavy atom. The molecule has 0 radical (unpaired) electrons. The second-order valence-electron chi connectivity index (χ2n) is 4.03. The van der Waals surface area contributed by atoms with Gasteiger partial charge in [-0.25, -0.2) is 4.98 Å². The van der Waals surface area contributed by atoms with Gasteiger partial charge in [0.05, 0.1) is 5.69 Å². The van der Waals surface area contributed by atoms with E-state index in [4.69, 9.17) is 9.78 Å². The van der Waals surface area contributed by atoms with E-state index in [1.165, 1.54) is 0 Å². The average molecular weight is 242 g/mol. The number of nitrogens with one attached hydrogen (secondary N) is 1. The van der Waals surface area contributed by atoms with E-state index in [0.29, 0.717) is 18.8 Å². The number of aromatic nitrogens is 2. The third kappa shape index (κ3) is 2.55. The van der Waals surface area contributed by atoms with Crippen molar-refractivity contribution in [2.24, 2.45) is 0 Å². The predicted molar refractivity (Wildman–Crippen MR) is 65.5 cm³/mol. The van der Waals surface area contributed by atoms with Gasteiger partial charge in [-0.2, -0.15) is 5.26 Å². The van der Waals surface area contributed by atoms with Gasteiger partial charge in [-0.1, -0.05) is 11.2 Å². The normalized spacial score (nSPS) is 10.3. The fraction of sp³-hybridized carbons (Fsp3) is 0.308. The molecule has 2 heterocycles. The van der Waals surface area contributed by atoms with Crippen LogP contribution in [0.2, 0.25) is 0 Å². The Morgan fingerprint density at radius 3 is 2.89 bits per heavy atom. The third-order valence-corrected chi connectivity index (χ3v) is 2.80. The van der Waals surface area contributed by atoms with E-state index in [9.17, 15) is 0 Å². The zero-order valence-corrected chi connectivity index (χ0v) is 10.4. The summed E-state index contributed by atoms with van der Waals surface area (Å²) in [7, 11) is 0. The maximum Gasteiger partial charge on any atom is 0.144 e. The smallest absolute Gasteiger partial charge is 0.144 e. The van der Waals surface area contributed by atoms with Gasteiger partial charge in [-0.05, 0) is 19.9 Å². The van der Waals surface area contributed by atoms with E-state index in [2.05, 4.69) is 21.5 Å². The summed E-state index contributed by atoms with van der Waals surface area (Å²) >= 11 is 0. The van der Waals surface area contributed by atoms with E-state index in [-0.39, 0.29) is 0 Å². The summed E-state index contributed by atoms with van der Waals surface area (Å²) in [6, 6.07) is 5.80. The van der Waals surface area contributed by atoms with Crippen molar-refractivity contribution in [1.29, 1.82) is 5.26 Å². The van der Waals surface area contributed by atoms with Crippen LogP contribution in [0.25, 0.3) is 0 Å². The fourth-order valence-corrected chi connectivity index (χ4v) is 1.76. The molecule has 2 rings (SSSR count). The van der Waals surface area contributed by atoms with Crippen molar-refractivity contribution in [2.45, 2.75) is 26.9 Å². The van der Waals surface area contributed by atoms with Crippen LogP contribution < -0.4 is 5.32 Å². The van der Waals surface area contributed by atoms with Crippen molar-refractivity contribution in [3.8, 4) is 6.07 Å². The molecule has 5 heteroatoms. The number of hydrogen-bond donors (Lipinski definition) is 1. The molecule has 2 aromatic rings. The molecule has 0 aliphatic carbocycles. The lowest BCUT2D eigenvalue weighted by molar-refractivity contribution is 0.392. The molecular formula is C13H14N4O. The highest BCUT2D eigenvalue weighted by Crippen LogP contribution is 2.12. The van der Waals surface area contributed by atoms with E-state index < -0.39 is 0 Å². The summed E-state index contributed by atoms with van der Waals surface area (Å²) in [5, 5.41) is 16.1. The van der Waals surface area contributed by atoms with Crippen molar-refractivity contribution in [3.63, 3.8) is 0 Å². The minimum absolute atomic E-state index is 0.462. The van der Waals surface area contributed by atoms with Crippen LogP contribution in [0, 0.1) is 25.2 Å². The van der Waals surface area contributed by atoms with Gasteiger partial charge in [0.15, 0.2) is 0 Å². The molecule has 0 unspecified atom stereocenters. The highest BCUT2D eigenvalue weighted by atomic mass is 16.5. The van der Waals surface area contributed by atoms with Gasteiger partial charge >= 0.3 is 0 Å². The molecule has 0 aliphatic heterocycles. The summed E-state index contributed by atoms with van der Waals surface area (Å²) in [5.74, 6) is 0.826. The minimum Gasteiger partial charge on any atom is -0.361 e. The van der Waals surface area contributed by atoms with Crippen LogP contribution in [-0.4, -0.2) is 10.1 Å². The third-order valence-electron chi connectivity index (χ3n) is 2.80. The highest BCUT2D eigenvalue weighted by Gasteiger charge is 2.08. The molecule has 0 fully saturated rings. The second kappa shape index (κ2) is 5.43. The maximum atomic E-state index is 8.92. The van der Waals surface area contributed by atoms with Gasteiger partial charge in [-0.3, -0.25) is 0 Å². The van der Waals surface area contributed by atoms with Crippen molar-refractivity contribution in [1.82, 2.24) is 15.5 Å². The van der Waals surface area contributed by atoms with Gasteiger partial charge in [0, 0.05) is 30.4 Å². The number of nitriles is 1. The van der Waals surface area contributed by atoms with Crippen LogP contribution in [0.3, 0.4) is 0 Å². The number of rotatable bonds is 4. The van der Waals surface area contributed by atoms with Crippen molar-refractivity contribution in [3.05, 3.63) is 46.6 Å². The molecule has 0 aliphatic rings. The Morgan fingerprint density at radius 1 is 1.39 bits per heavy atom. The van der Waals surface area contributed by atoms with Crippen LogP contribution >= 0.6 is 0 Å². The molecular weight excluding hydrogens is 228 g/mol. The first kappa shape index (κ1) is 12.3. The van der Waals surface area contributed by atoms with E-state index in [1.54, 1.807) is 6.20 Å². The lowest BCUT2D eigenvalue weighted by Crippen LogP contribution is -2.14. The Bertz CT molecular complexity index is 563. The van der Waals surface area contributed by atoms with Crippen molar-refractivity contribution >= 4 is 0 Å². The highest BCUT2D eigenvalue weighted by molar-refractivity contribution is 5.30. The molecule has 0 amide bonds. The van der Waals surface area contributed by atoms with E-state index in [1.807, 2.05) is 26.0 Å². The largest absolute Gasteiger partial charge is 0.361 e. The van der Waals surface area contributed by atoms with Crippen molar-refractivity contribution in [2.75, 3.05) is 0 Å². The predicted octanol–water partition coefficient (Wildman–Crippen LogP) is 1.85. The quantitative estimate of drug-likeness (QED) is 0.885. The molecule has 0 bridgehead atoms. The molecule has 0 saturated carbocycles. The Balaban J connectivity index is 1.99. The molecule has 92 valence electrons. The second-order valence-corrected chi connectivity index (χ2v) is 4.03. The first-order valence-corrected chi connectivity index (χ1v) is 5.69. The molecule has 2 aromatic heterocycles. The molecule has 0 saturated heterocycles. The average Bonchev–Trinajstić information content (AvgIpc) is 2.71. The number of nitrogens with zero attached hydrogens (tertiary/aromatic N) is 3. The van der Waals surface area contributed by atoms with Crippen molar-refractivity contribution < 1.29 is 4.52 Å². The van der Waals surface area contributed by atoms with Crippen LogP contribution in [0.15, 0.2) is 22.9 Å². The van der Waals surface area contributed by atoms with Gasteiger partial charge in [-0.15, -0.1) is 0 Å². The number of pyridine rings is 1. The van der Waals surface area contributed by atoms with Crippen LogP contribution in [0.5, 0.6) is 0 Å². The summed E-state index contributed by atoms with van der Waals surface area (Å²) in [4.78, 5) is 4.02. The molecule has 18 heavy (non-hydrogen) atoms. The molecule has 0 aromatic carbocycles. The topological polar surface area (TPSA) is 74.7 Å². The summed E-state index contributed by atoms with van der Waals surface area (Å²) in [6.07, 6.45) is 1.62. The Hall–Kier alpha value is -2.19. The van der Waals surface area contributed by atoms with Gasteiger partial charge < -0.3 is 9.84 Å². The lowest BCUT2D eigenvalue weighted by atomic mass is 10.2. The van der Waals surface area contributed by atoms with Gasteiger partial charge in [0.2, 0.25) is 0 Å². The summed E-state index contributed by atoms with van der Waals surface area (Å²) < 4.78 is 5.09. The van der Waals surface area contributed by atoms with Crippen LogP contribution in [0.4, 0.5) is 0 Å². The zero-order chi connectivity index (χ0) is 13.0. The van der Waals surface area contributed by atoms with Crippen LogP contribution in [0.1, 0.15) is 28.3 Å².